The molecule has 0 amide bonds. The Morgan fingerprint density at radius 1 is 1.36 bits per heavy atom. The lowest BCUT2D eigenvalue weighted by atomic mass is 10.00. The quantitative estimate of drug-likeness (QED) is 0.850. The first-order chi connectivity index (χ1) is 12.1. The third-order valence-electron chi connectivity index (χ3n) is 4.66. The summed E-state index contributed by atoms with van der Waals surface area (Å²) < 4.78 is 11.1. The summed E-state index contributed by atoms with van der Waals surface area (Å²) in [5, 5.41) is 11.8. The van der Waals surface area contributed by atoms with Crippen molar-refractivity contribution in [2.75, 3.05) is 20.8 Å². The van der Waals surface area contributed by atoms with Gasteiger partial charge in [-0.2, -0.15) is 0 Å². The first kappa shape index (κ1) is 17.8. The van der Waals surface area contributed by atoms with Crippen molar-refractivity contribution in [2.45, 2.75) is 31.8 Å². The Labute approximate surface area is 151 Å². The Balaban J connectivity index is 2.14. The SMILES string of the molecule is COc1cccc(C(c2cc(C)cs2)N2CCCC2C(=O)O)c1OC. The van der Waals surface area contributed by atoms with Crippen molar-refractivity contribution in [3.8, 4) is 11.5 Å². The smallest absolute Gasteiger partial charge is 0.320 e. The Morgan fingerprint density at radius 3 is 2.76 bits per heavy atom. The molecule has 0 radical (unpaired) electrons. The van der Waals surface area contributed by atoms with Crippen LogP contribution >= 0.6 is 11.3 Å². The van der Waals surface area contributed by atoms with E-state index in [0.717, 1.165) is 23.4 Å². The molecule has 0 bridgehead atoms. The second kappa shape index (κ2) is 7.45. The average Bonchev–Trinajstić information content (AvgIpc) is 3.24. The van der Waals surface area contributed by atoms with Crippen LogP contribution in [-0.4, -0.2) is 42.8 Å². The number of aliphatic carboxylic acids is 1. The van der Waals surface area contributed by atoms with Crippen LogP contribution in [0.25, 0.3) is 0 Å². The van der Waals surface area contributed by atoms with E-state index in [-0.39, 0.29) is 6.04 Å². The van der Waals surface area contributed by atoms with Gasteiger partial charge in [0.05, 0.1) is 20.3 Å². The summed E-state index contributed by atoms with van der Waals surface area (Å²) in [4.78, 5) is 15.0. The zero-order chi connectivity index (χ0) is 18.0. The van der Waals surface area contributed by atoms with E-state index < -0.39 is 12.0 Å². The predicted molar refractivity (Wildman–Crippen MR) is 97.8 cm³/mol. The molecule has 2 aromatic rings. The van der Waals surface area contributed by atoms with E-state index >= 15 is 0 Å². The molecule has 1 N–H and O–H groups in total. The van der Waals surface area contributed by atoms with Crippen molar-refractivity contribution >= 4 is 17.3 Å². The standard InChI is InChI=1S/C19H23NO4S/c1-12-10-16(25-11-12)17(20-9-5-7-14(20)19(21)22)13-6-4-8-15(23-2)18(13)24-3/h4,6,8,10-11,14,17H,5,7,9H2,1-3H3,(H,21,22). The minimum absolute atomic E-state index is 0.160. The number of aryl methyl sites for hydroxylation is 1. The molecule has 0 aliphatic carbocycles. The van der Waals surface area contributed by atoms with E-state index in [1.54, 1.807) is 25.6 Å². The number of thiophene rings is 1. The summed E-state index contributed by atoms with van der Waals surface area (Å²) in [6.07, 6.45) is 1.55. The monoisotopic (exact) mass is 361 g/mol. The van der Waals surface area contributed by atoms with Gasteiger partial charge in [0.15, 0.2) is 11.5 Å². The molecule has 0 spiro atoms. The molecule has 1 aromatic carbocycles. The first-order valence-electron chi connectivity index (χ1n) is 8.31. The van der Waals surface area contributed by atoms with Crippen molar-refractivity contribution in [1.82, 2.24) is 4.90 Å². The van der Waals surface area contributed by atoms with E-state index in [9.17, 15) is 9.90 Å². The summed E-state index contributed by atoms with van der Waals surface area (Å²) in [5.41, 5.74) is 2.12. The Kier molecular flexibility index (Phi) is 5.30. The number of carboxylic acids is 1. The van der Waals surface area contributed by atoms with Crippen LogP contribution in [0.5, 0.6) is 11.5 Å². The van der Waals surface area contributed by atoms with Crippen LogP contribution in [0.15, 0.2) is 29.6 Å². The Hall–Kier alpha value is -2.05. The summed E-state index contributed by atoms with van der Waals surface area (Å²) >= 11 is 1.65. The van der Waals surface area contributed by atoms with Gasteiger partial charge in [-0.1, -0.05) is 12.1 Å². The molecule has 1 aromatic heterocycles. The number of para-hydroxylation sites is 1. The Morgan fingerprint density at radius 2 is 2.16 bits per heavy atom. The van der Waals surface area contributed by atoms with Gasteiger partial charge in [0.25, 0.3) is 0 Å². The maximum Gasteiger partial charge on any atom is 0.320 e. The highest BCUT2D eigenvalue weighted by molar-refractivity contribution is 7.10. The van der Waals surface area contributed by atoms with Gasteiger partial charge in [0.1, 0.15) is 6.04 Å². The summed E-state index contributed by atoms with van der Waals surface area (Å²) in [6.45, 7) is 2.80. The number of likely N-dealkylation sites (tertiary alicyclic amines) is 1. The number of nitrogens with zero attached hydrogens (tertiary/aromatic N) is 1. The second-order valence-corrected chi connectivity index (χ2v) is 7.19. The first-order valence-corrected chi connectivity index (χ1v) is 9.19. The Bertz CT molecular complexity index is 758. The highest BCUT2D eigenvalue weighted by Gasteiger charge is 2.38. The molecule has 2 heterocycles. The number of hydrogen-bond acceptors (Lipinski definition) is 5. The molecule has 6 heteroatoms. The molecular formula is C19H23NO4S. The van der Waals surface area contributed by atoms with Crippen LogP contribution in [0, 0.1) is 6.92 Å². The molecule has 5 nitrogen and oxygen atoms in total. The molecule has 2 atom stereocenters. The van der Waals surface area contributed by atoms with Crippen LogP contribution < -0.4 is 9.47 Å². The molecule has 25 heavy (non-hydrogen) atoms. The van der Waals surface area contributed by atoms with E-state index in [1.807, 2.05) is 18.2 Å². The van der Waals surface area contributed by atoms with Gasteiger partial charge in [-0.25, -0.2) is 0 Å². The molecular weight excluding hydrogens is 338 g/mol. The van der Waals surface area contributed by atoms with E-state index in [2.05, 4.69) is 23.3 Å². The topological polar surface area (TPSA) is 59.0 Å². The minimum Gasteiger partial charge on any atom is -0.493 e. The van der Waals surface area contributed by atoms with Gasteiger partial charge < -0.3 is 14.6 Å². The minimum atomic E-state index is -0.766. The number of benzene rings is 1. The molecule has 1 aliphatic heterocycles. The van der Waals surface area contributed by atoms with Crippen molar-refractivity contribution in [2.24, 2.45) is 0 Å². The number of ether oxygens (including phenoxy) is 2. The maximum absolute atomic E-state index is 11.8. The molecule has 1 fully saturated rings. The third-order valence-corrected chi connectivity index (χ3v) is 5.76. The molecule has 1 aliphatic rings. The summed E-state index contributed by atoms with van der Waals surface area (Å²) in [7, 11) is 3.23. The van der Waals surface area contributed by atoms with Crippen LogP contribution in [0.1, 0.15) is 34.9 Å². The van der Waals surface area contributed by atoms with Crippen molar-refractivity contribution < 1.29 is 19.4 Å². The van der Waals surface area contributed by atoms with Gasteiger partial charge in [-0.05, 0) is 42.8 Å². The molecule has 0 saturated carbocycles. The van der Waals surface area contributed by atoms with Crippen LogP contribution in [0.2, 0.25) is 0 Å². The summed E-state index contributed by atoms with van der Waals surface area (Å²) in [6, 6.07) is 7.27. The van der Waals surface area contributed by atoms with Crippen LogP contribution in [0.3, 0.4) is 0 Å². The largest absolute Gasteiger partial charge is 0.493 e. The van der Waals surface area contributed by atoms with Gasteiger partial charge in [-0.3, -0.25) is 9.69 Å². The fraction of sp³-hybridized carbons (Fsp3) is 0.421. The number of rotatable bonds is 6. The van der Waals surface area contributed by atoms with E-state index in [4.69, 9.17) is 9.47 Å². The zero-order valence-electron chi connectivity index (χ0n) is 14.7. The number of carboxylic acid groups (broad SMARTS) is 1. The van der Waals surface area contributed by atoms with Gasteiger partial charge in [0, 0.05) is 17.0 Å². The molecule has 3 rings (SSSR count). The maximum atomic E-state index is 11.8. The normalized spacial score (nSPS) is 18.9. The number of methoxy groups -OCH3 is 2. The fourth-order valence-electron chi connectivity index (χ4n) is 3.58. The lowest BCUT2D eigenvalue weighted by molar-refractivity contribution is -0.142. The van der Waals surface area contributed by atoms with E-state index in [0.29, 0.717) is 17.9 Å². The van der Waals surface area contributed by atoms with Crippen molar-refractivity contribution in [3.05, 3.63) is 45.6 Å². The van der Waals surface area contributed by atoms with Crippen molar-refractivity contribution in [3.63, 3.8) is 0 Å². The lowest BCUT2D eigenvalue weighted by Crippen LogP contribution is -2.39. The number of carbonyl (C=O) groups is 1. The predicted octanol–water partition coefficient (Wildman–Crippen LogP) is 3.71. The van der Waals surface area contributed by atoms with Crippen LogP contribution in [-0.2, 0) is 4.79 Å². The van der Waals surface area contributed by atoms with E-state index in [1.165, 1.54) is 5.56 Å². The fourth-order valence-corrected chi connectivity index (χ4v) is 4.62. The van der Waals surface area contributed by atoms with Gasteiger partial charge in [0.2, 0.25) is 0 Å². The summed E-state index contributed by atoms with van der Waals surface area (Å²) in [5.74, 6) is 0.555. The highest BCUT2D eigenvalue weighted by atomic mass is 32.1. The molecule has 1 saturated heterocycles. The van der Waals surface area contributed by atoms with Crippen LogP contribution in [0.4, 0.5) is 0 Å². The second-order valence-electron chi connectivity index (χ2n) is 6.25. The van der Waals surface area contributed by atoms with Gasteiger partial charge in [-0.15, -0.1) is 11.3 Å². The average molecular weight is 361 g/mol. The molecule has 134 valence electrons. The lowest BCUT2D eigenvalue weighted by Gasteiger charge is -2.32. The third kappa shape index (κ3) is 3.37. The highest BCUT2D eigenvalue weighted by Crippen LogP contribution is 2.44. The van der Waals surface area contributed by atoms with Crippen molar-refractivity contribution in [1.29, 1.82) is 0 Å². The molecule has 2 unspecified atom stereocenters. The van der Waals surface area contributed by atoms with Gasteiger partial charge >= 0.3 is 5.97 Å². The number of hydrogen-bond donors (Lipinski definition) is 1. The zero-order valence-corrected chi connectivity index (χ0v) is 15.5.